The Hall–Kier alpha value is -2.18. The van der Waals surface area contributed by atoms with E-state index in [1.165, 1.54) is 5.56 Å². The Morgan fingerprint density at radius 1 is 1.06 bits per heavy atom. The smallest absolute Gasteiger partial charge is 0.241 e. The van der Waals surface area contributed by atoms with Crippen molar-refractivity contribution in [1.29, 1.82) is 0 Å². The normalized spacial score (nSPS) is 15.9. The van der Waals surface area contributed by atoms with Gasteiger partial charge in [-0.2, -0.15) is 0 Å². The van der Waals surface area contributed by atoms with E-state index < -0.39 is 14.6 Å². The van der Waals surface area contributed by atoms with Crippen LogP contribution >= 0.6 is 0 Å². The number of sulfone groups is 1. The van der Waals surface area contributed by atoms with Crippen molar-refractivity contribution in [2.24, 2.45) is 0 Å². The summed E-state index contributed by atoms with van der Waals surface area (Å²) in [5, 5.41) is 2.95. The molecule has 1 fully saturated rings. The number of rotatable bonds is 9. The first-order chi connectivity index (χ1) is 14.8. The van der Waals surface area contributed by atoms with Gasteiger partial charge in [-0.25, -0.2) is 8.42 Å². The lowest BCUT2D eigenvalue weighted by Crippen LogP contribution is -2.51. The molecule has 0 heterocycles. The molecule has 6 heteroatoms. The third-order valence-electron chi connectivity index (χ3n) is 6.27. The first kappa shape index (κ1) is 23.5. The minimum atomic E-state index is -3.77. The van der Waals surface area contributed by atoms with Crippen LogP contribution in [-0.4, -0.2) is 44.1 Å². The number of amides is 1. The molecule has 3 rings (SSSR count). The highest BCUT2D eigenvalue weighted by atomic mass is 32.2. The Kier molecular flexibility index (Phi) is 7.55. The van der Waals surface area contributed by atoms with Gasteiger partial charge in [0.1, 0.15) is 0 Å². The Balaban J connectivity index is 1.63. The highest BCUT2D eigenvalue weighted by Crippen LogP contribution is 2.41. The van der Waals surface area contributed by atoms with Gasteiger partial charge in [-0.3, -0.25) is 4.79 Å². The largest absolute Gasteiger partial charge is 0.355 e. The van der Waals surface area contributed by atoms with E-state index in [2.05, 4.69) is 29.4 Å². The zero-order valence-corrected chi connectivity index (χ0v) is 19.7. The molecule has 1 N–H and O–H groups in total. The van der Waals surface area contributed by atoms with E-state index in [0.29, 0.717) is 29.8 Å². The van der Waals surface area contributed by atoms with E-state index in [1.54, 1.807) is 13.0 Å². The summed E-state index contributed by atoms with van der Waals surface area (Å²) in [6, 6.07) is 15.7. The SMILES string of the molecule is Cc1ccc(C)c(S(=O)(=O)C2(C(=O)NCCCN(C)Cc3ccccc3)CCCC2)c1. The number of nitrogens with one attached hydrogen (secondary N) is 1. The van der Waals surface area contributed by atoms with Gasteiger partial charge in [0.15, 0.2) is 14.6 Å². The Morgan fingerprint density at radius 3 is 2.42 bits per heavy atom. The first-order valence-corrected chi connectivity index (χ1v) is 12.6. The van der Waals surface area contributed by atoms with Gasteiger partial charge in [-0.1, -0.05) is 55.3 Å². The quantitative estimate of drug-likeness (QED) is 0.596. The Bertz CT molecular complexity index is 997. The molecule has 0 atom stereocenters. The van der Waals surface area contributed by atoms with Crippen molar-refractivity contribution < 1.29 is 13.2 Å². The molecule has 31 heavy (non-hydrogen) atoms. The van der Waals surface area contributed by atoms with E-state index in [0.717, 1.165) is 37.9 Å². The molecule has 1 amide bonds. The van der Waals surface area contributed by atoms with Crippen molar-refractivity contribution in [3.05, 3.63) is 65.2 Å². The van der Waals surface area contributed by atoms with Gasteiger partial charge in [-0.15, -0.1) is 0 Å². The predicted molar refractivity (Wildman–Crippen MR) is 125 cm³/mol. The molecule has 0 radical (unpaired) electrons. The number of hydrogen-bond acceptors (Lipinski definition) is 4. The summed E-state index contributed by atoms with van der Waals surface area (Å²) in [5.41, 5.74) is 2.84. The van der Waals surface area contributed by atoms with Crippen LogP contribution in [0.5, 0.6) is 0 Å². The molecule has 0 aliphatic heterocycles. The molecule has 2 aromatic carbocycles. The number of aryl methyl sites for hydroxylation is 2. The van der Waals surface area contributed by atoms with E-state index in [4.69, 9.17) is 0 Å². The number of carbonyl (C=O) groups excluding carboxylic acids is 1. The Labute approximate surface area is 186 Å². The van der Waals surface area contributed by atoms with Crippen LogP contribution in [0.4, 0.5) is 0 Å². The minimum absolute atomic E-state index is 0.298. The van der Waals surface area contributed by atoms with Crippen LogP contribution in [-0.2, 0) is 21.2 Å². The maximum atomic E-state index is 13.6. The fourth-order valence-corrected chi connectivity index (χ4v) is 6.85. The van der Waals surface area contributed by atoms with Crippen molar-refractivity contribution in [2.75, 3.05) is 20.1 Å². The molecule has 0 unspecified atom stereocenters. The van der Waals surface area contributed by atoms with Crippen molar-refractivity contribution in [1.82, 2.24) is 10.2 Å². The lowest BCUT2D eigenvalue weighted by molar-refractivity contribution is -0.123. The fraction of sp³-hybridized carbons (Fsp3) is 0.480. The second kappa shape index (κ2) is 9.96. The summed E-state index contributed by atoms with van der Waals surface area (Å²) >= 11 is 0. The number of nitrogens with zero attached hydrogens (tertiary/aromatic N) is 1. The van der Waals surface area contributed by atoms with Crippen molar-refractivity contribution in [2.45, 2.75) is 62.1 Å². The van der Waals surface area contributed by atoms with Gasteiger partial charge in [-0.05, 0) is 69.5 Å². The lowest BCUT2D eigenvalue weighted by atomic mass is 10.1. The molecular weight excluding hydrogens is 408 g/mol. The van der Waals surface area contributed by atoms with Gasteiger partial charge in [0.2, 0.25) is 5.91 Å². The van der Waals surface area contributed by atoms with E-state index in [9.17, 15) is 13.2 Å². The van der Waals surface area contributed by atoms with Gasteiger partial charge in [0, 0.05) is 13.1 Å². The second-order valence-electron chi connectivity index (χ2n) is 8.81. The third kappa shape index (κ3) is 5.18. The van der Waals surface area contributed by atoms with E-state index in [-0.39, 0.29) is 5.91 Å². The van der Waals surface area contributed by atoms with Gasteiger partial charge >= 0.3 is 0 Å². The molecule has 0 spiro atoms. The van der Waals surface area contributed by atoms with Crippen molar-refractivity contribution in [3.8, 4) is 0 Å². The number of benzene rings is 2. The summed E-state index contributed by atoms with van der Waals surface area (Å²) in [4.78, 5) is 15.7. The summed E-state index contributed by atoms with van der Waals surface area (Å²) in [6.45, 7) is 5.83. The molecule has 0 saturated heterocycles. The summed E-state index contributed by atoms with van der Waals surface area (Å²) in [7, 11) is -1.72. The second-order valence-corrected chi connectivity index (χ2v) is 11.0. The monoisotopic (exact) mass is 442 g/mol. The maximum absolute atomic E-state index is 13.6. The van der Waals surface area contributed by atoms with Gasteiger partial charge in [0.05, 0.1) is 4.90 Å². The summed E-state index contributed by atoms with van der Waals surface area (Å²) in [6.07, 6.45) is 3.08. The molecule has 168 valence electrons. The topological polar surface area (TPSA) is 66.5 Å². The van der Waals surface area contributed by atoms with Crippen molar-refractivity contribution in [3.63, 3.8) is 0 Å². The number of carbonyl (C=O) groups is 1. The molecular formula is C25H34N2O3S. The molecule has 1 aliphatic rings. The number of hydrogen-bond donors (Lipinski definition) is 1. The molecule has 0 bridgehead atoms. The van der Waals surface area contributed by atoms with Crippen molar-refractivity contribution >= 4 is 15.7 Å². The highest BCUT2D eigenvalue weighted by molar-refractivity contribution is 7.93. The molecule has 2 aromatic rings. The zero-order valence-electron chi connectivity index (χ0n) is 18.9. The van der Waals surface area contributed by atoms with Crippen LogP contribution < -0.4 is 5.32 Å². The third-order valence-corrected chi connectivity index (χ3v) is 8.91. The maximum Gasteiger partial charge on any atom is 0.241 e. The minimum Gasteiger partial charge on any atom is -0.355 e. The molecule has 1 aliphatic carbocycles. The molecule has 0 aromatic heterocycles. The van der Waals surface area contributed by atoms with Crippen LogP contribution in [0.25, 0.3) is 0 Å². The van der Waals surface area contributed by atoms with Gasteiger partial charge in [0.25, 0.3) is 0 Å². The van der Waals surface area contributed by atoms with Crippen LogP contribution in [0.2, 0.25) is 0 Å². The summed E-state index contributed by atoms with van der Waals surface area (Å²) in [5.74, 6) is -0.336. The van der Waals surface area contributed by atoms with Crippen LogP contribution in [0.3, 0.4) is 0 Å². The lowest BCUT2D eigenvalue weighted by Gasteiger charge is -2.28. The summed E-state index contributed by atoms with van der Waals surface area (Å²) < 4.78 is 25.9. The van der Waals surface area contributed by atoms with Gasteiger partial charge < -0.3 is 10.2 Å². The first-order valence-electron chi connectivity index (χ1n) is 11.1. The van der Waals surface area contributed by atoms with Crippen LogP contribution in [0.15, 0.2) is 53.4 Å². The average molecular weight is 443 g/mol. The fourth-order valence-electron chi connectivity index (χ4n) is 4.46. The zero-order chi connectivity index (χ0) is 22.5. The van der Waals surface area contributed by atoms with E-state index in [1.807, 2.05) is 37.3 Å². The average Bonchev–Trinajstić information content (AvgIpc) is 3.25. The predicted octanol–water partition coefficient (Wildman–Crippen LogP) is 4.03. The molecule has 1 saturated carbocycles. The standard InChI is InChI=1S/C25H34N2O3S/c1-20-12-13-21(2)23(18-20)31(29,30)25(14-7-8-15-25)24(28)26-16-9-17-27(3)19-22-10-5-4-6-11-22/h4-6,10-13,18H,7-9,14-17,19H2,1-3H3,(H,26,28). The van der Waals surface area contributed by atoms with Crippen LogP contribution in [0.1, 0.15) is 48.8 Å². The molecule has 5 nitrogen and oxygen atoms in total. The van der Waals surface area contributed by atoms with E-state index >= 15 is 0 Å². The van der Waals surface area contributed by atoms with Crippen LogP contribution in [0, 0.1) is 13.8 Å². The highest BCUT2D eigenvalue weighted by Gasteiger charge is 2.53. The Morgan fingerprint density at radius 2 is 1.74 bits per heavy atom.